The van der Waals surface area contributed by atoms with Gasteiger partial charge in [-0.3, -0.25) is 10.1 Å². The van der Waals surface area contributed by atoms with Crippen molar-refractivity contribution < 1.29 is 14.1 Å². The Hall–Kier alpha value is -2.34. The van der Waals surface area contributed by atoms with Gasteiger partial charge in [0.25, 0.3) is 0 Å². The summed E-state index contributed by atoms with van der Waals surface area (Å²) in [4.78, 5) is 10.1. The number of nitrogens with zero attached hydrogens (tertiary/aromatic N) is 1. The van der Waals surface area contributed by atoms with Crippen molar-refractivity contribution in [3.63, 3.8) is 0 Å². The maximum Gasteiger partial charge on any atom is 0.433 e. The van der Waals surface area contributed by atoms with Crippen molar-refractivity contribution in [3.8, 4) is 5.75 Å². The number of nitro groups is 1. The minimum absolute atomic E-state index is 0.153. The Morgan fingerprint density at radius 2 is 2.10 bits per heavy atom. The van der Waals surface area contributed by atoms with Crippen molar-refractivity contribution in [1.82, 2.24) is 5.32 Å². The average molecular weight is 276 g/mol. The molecule has 0 fully saturated rings. The Bertz CT molecular complexity index is 594. The van der Waals surface area contributed by atoms with Crippen LogP contribution in [0.3, 0.4) is 0 Å². The van der Waals surface area contributed by atoms with Gasteiger partial charge in [0.05, 0.1) is 19.2 Å². The second-order valence-corrected chi connectivity index (χ2v) is 4.29. The van der Waals surface area contributed by atoms with E-state index in [4.69, 9.17) is 9.15 Å². The number of hydrogen-bond donors (Lipinski definition) is 1. The van der Waals surface area contributed by atoms with Crippen molar-refractivity contribution in [3.05, 3.63) is 57.8 Å². The third-order valence-corrected chi connectivity index (χ3v) is 3.10. The quantitative estimate of drug-likeness (QED) is 0.648. The number of furan rings is 1. The maximum atomic E-state index is 10.7. The third-order valence-electron chi connectivity index (χ3n) is 3.10. The summed E-state index contributed by atoms with van der Waals surface area (Å²) in [6.45, 7) is 0. The molecule has 1 aromatic carbocycles. The highest BCUT2D eigenvalue weighted by Crippen LogP contribution is 2.27. The highest BCUT2D eigenvalue weighted by atomic mass is 16.6. The number of hydrogen-bond acceptors (Lipinski definition) is 5. The molecule has 2 rings (SSSR count). The van der Waals surface area contributed by atoms with Crippen LogP contribution >= 0.6 is 0 Å². The Morgan fingerprint density at radius 3 is 2.70 bits per heavy atom. The molecule has 0 bridgehead atoms. The largest absolute Gasteiger partial charge is 0.496 e. The van der Waals surface area contributed by atoms with Gasteiger partial charge in [-0.2, -0.15) is 0 Å². The summed E-state index contributed by atoms with van der Waals surface area (Å²) in [7, 11) is 3.40. The lowest BCUT2D eigenvalue weighted by molar-refractivity contribution is -0.402. The standard InChI is InChI=1S/C14H16N2O4/c1-15-11(13-7-8-14(20-13)16(17)18)9-10-5-3-4-6-12(10)19-2/h3-8,11,15H,9H2,1-2H3. The van der Waals surface area contributed by atoms with Crippen molar-refractivity contribution in [1.29, 1.82) is 0 Å². The van der Waals surface area contributed by atoms with Gasteiger partial charge in [-0.15, -0.1) is 0 Å². The Morgan fingerprint density at radius 1 is 1.35 bits per heavy atom. The molecule has 0 saturated carbocycles. The van der Waals surface area contributed by atoms with Gasteiger partial charge in [-0.25, -0.2) is 0 Å². The van der Waals surface area contributed by atoms with E-state index in [2.05, 4.69) is 5.32 Å². The molecule has 0 aliphatic heterocycles. The number of ether oxygens (including phenoxy) is 1. The van der Waals surface area contributed by atoms with Crippen LogP contribution < -0.4 is 10.1 Å². The second kappa shape index (κ2) is 6.21. The topological polar surface area (TPSA) is 77.5 Å². The fourth-order valence-electron chi connectivity index (χ4n) is 2.06. The first-order valence-electron chi connectivity index (χ1n) is 6.19. The molecule has 1 heterocycles. The monoisotopic (exact) mass is 276 g/mol. The van der Waals surface area contributed by atoms with Gasteiger partial charge in [0.2, 0.25) is 0 Å². The minimum Gasteiger partial charge on any atom is -0.496 e. The summed E-state index contributed by atoms with van der Waals surface area (Å²) in [5.74, 6) is 1.07. The maximum absolute atomic E-state index is 10.7. The van der Waals surface area contributed by atoms with E-state index < -0.39 is 4.92 Å². The summed E-state index contributed by atoms with van der Waals surface area (Å²) in [5, 5.41) is 13.8. The van der Waals surface area contributed by atoms with Crippen molar-refractivity contribution in [2.24, 2.45) is 0 Å². The molecule has 0 saturated heterocycles. The minimum atomic E-state index is -0.542. The molecule has 0 spiro atoms. The molecule has 0 radical (unpaired) electrons. The van der Waals surface area contributed by atoms with Gasteiger partial charge in [0, 0.05) is 0 Å². The Labute approximate surface area is 116 Å². The van der Waals surface area contributed by atoms with Gasteiger partial charge in [0.1, 0.15) is 16.4 Å². The lowest BCUT2D eigenvalue weighted by atomic mass is 10.0. The molecule has 1 atom stereocenters. The van der Waals surface area contributed by atoms with E-state index >= 15 is 0 Å². The molecular formula is C14H16N2O4. The zero-order valence-electron chi connectivity index (χ0n) is 11.3. The van der Waals surface area contributed by atoms with Gasteiger partial charge >= 0.3 is 5.88 Å². The molecule has 1 N–H and O–H groups in total. The van der Waals surface area contributed by atoms with E-state index in [1.807, 2.05) is 24.3 Å². The number of rotatable bonds is 6. The second-order valence-electron chi connectivity index (χ2n) is 4.29. The molecule has 0 aliphatic rings. The SMILES string of the molecule is CNC(Cc1ccccc1OC)c1ccc([N+](=O)[O-])o1. The number of benzene rings is 1. The predicted molar refractivity (Wildman–Crippen MR) is 73.9 cm³/mol. The molecule has 2 aromatic rings. The normalized spacial score (nSPS) is 12.1. The average Bonchev–Trinajstić information content (AvgIpc) is 2.95. The molecule has 1 unspecified atom stereocenters. The molecule has 0 amide bonds. The predicted octanol–water partition coefficient (Wildman–Crippen LogP) is 2.70. The number of likely N-dealkylation sites (N-methyl/N-ethyl adjacent to an activating group) is 1. The number of methoxy groups -OCH3 is 1. The molecule has 6 nitrogen and oxygen atoms in total. The number of para-hydroxylation sites is 1. The Balaban J connectivity index is 2.21. The molecular weight excluding hydrogens is 260 g/mol. The number of nitrogens with one attached hydrogen (secondary N) is 1. The first-order valence-corrected chi connectivity index (χ1v) is 6.19. The fourth-order valence-corrected chi connectivity index (χ4v) is 2.06. The van der Waals surface area contributed by atoms with E-state index in [0.29, 0.717) is 12.2 Å². The van der Waals surface area contributed by atoms with E-state index in [1.165, 1.54) is 6.07 Å². The van der Waals surface area contributed by atoms with Crippen LogP contribution in [0.25, 0.3) is 0 Å². The summed E-state index contributed by atoms with van der Waals surface area (Å²) >= 11 is 0. The fraction of sp³-hybridized carbons (Fsp3) is 0.286. The van der Waals surface area contributed by atoms with Crippen LogP contribution in [0.1, 0.15) is 17.4 Å². The van der Waals surface area contributed by atoms with Crippen LogP contribution in [-0.4, -0.2) is 19.1 Å². The van der Waals surface area contributed by atoms with Gasteiger partial charge in [-0.05, 0) is 31.2 Å². The molecule has 0 aliphatic carbocycles. The summed E-state index contributed by atoms with van der Waals surface area (Å²) in [6, 6.07) is 10.5. The summed E-state index contributed by atoms with van der Waals surface area (Å²) < 4.78 is 10.5. The first kappa shape index (κ1) is 14.1. The first-order chi connectivity index (χ1) is 9.65. The molecule has 106 valence electrons. The van der Waals surface area contributed by atoms with Gasteiger partial charge < -0.3 is 14.5 Å². The van der Waals surface area contributed by atoms with Crippen LogP contribution in [-0.2, 0) is 6.42 Å². The van der Waals surface area contributed by atoms with Crippen LogP contribution in [0.15, 0.2) is 40.8 Å². The van der Waals surface area contributed by atoms with E-state index in [1.54, 1.807) is 20.2 Å². The van der Waals surface area contributed by atoms with Crippen LogP contribution in [0, 0.1) is 10.1 Å². The summed E-state index contributed by atoms with van der Waals surface area (Å²) in [6.07, 6.45) is 0.616. The highest BCUT2D eigenvalue weighted by molar-refractivity contribution is 5.34. The van der Waals surface area contributed by atoms with Crippen LogP contribution in [0.4, 0.5) is 5.88 Å². The van der Waals surface area contributed by atoms with E-state index in [9.17, 15) is 10.1 Å². The molecule has 6 heteroatoms. The zero-order valence-corrected chi connectivity index (χ0v) is 11.3. The van der Waals surface area contributed by atoms with Gasteiger partial charge in [0.15, 0.2) is 0 Å². The van der Waals surface area contributed by atoms with E-state index in [0.717, 1.165) is 11.3 Å². The molecule has 1 aromatic heterocycles. The third kappa shape index (κ3) is 2.97. The lowest BCUT2D eigenvalue weighted by Crippen LogP contribution is -2.18. The van der Waals surface area contributed by atoms with Crippen LogP contribution in [0.2, 0.25) is 0 Å². The summed E-state index contributed by atoms with van der Waals surface area (Å²) in [5.41, 5.74) is 1.01. The van der Waals surface area contributed by atoms with Crippen molar-refractivity contribution in [2.75, 3.05) is 14.2 Å². The Kier molecular flexibility index (Phi) is 4.37. The molecule has 20 heavy (non-hydrogen) atoms. The van der Waals surface area contributed by atoms with Gasteiger partial charge in [-0.1, -0.05) is 18.2 Å². The van der Waals surface area contributed by atoms with Crippen LogP contribution in [0.5, 0.6) is 5.75 Å². The lowest BCUT2D eigenvalue weighted by Gasteiger charge is -2.15. The highest BCUT2D eigenvalue weighted by Gasteiger charge is 2.20. The van der Waals surface area contributed by atoms with E-state index in [-0.39, 0.29) is 11.9 Å². The van der Waals surface area contributed by atoms with Crippen molar-refractivity contribution in [2.45, 2.75) is 12.5 Å². The van der Waals surface area contributed by atoms with Crippen molar-refractivity contribution >= 4 is 5.88 Å². The zero-order chi connectivity index (χ0) is 14.5. The smallest absolute Gasteiger partial charge is 0.433 e.